The largest absolute Gasteiger partial charge is 0.497 e. The highest BCUT2D eigenvalue weighted by atomic mass is 35.5. The van der Waals surface area contributed by atoms with Crippen LogP contribution in [0.3, 0.4) is 0 Å². The van der Waals surface area contributed by atoms with Gasteiger partial charge in [-0.3, -0.25) is 0 Å². The molecule has 0 spiro atoms. The van der Waals surface area contributed by atoms with Crippen molar-refractivity contribution in [2.45, 2.75) is 25.7 Å². The minimum absolute atomic E-state index is 0.273. The van der Waals surface area contributed by atoms with Crippen molar-refractivity contribution in [2.75, 3.05) is 25.6 Å². The first-order chi connectivity index (χ1) is 12.2. The zero-order valence-corrected chi connectivity index (χ0v) is 15.1. The van der Waals surface area contributed by atoms with E-state index in [4.69, 9.17) is 26.4 Å². The van der Waals surface area contributed by atoms with Gasteiger partial charge in [0.15, 0.2) is 0 Å². The Balaban J connectivity index is 1.94. The Labute approximate surface area is 152 Å². The molecule has 4 nitrogen and oxygen atoms in total. The fourth-order valence-corrected chi connectivity index (χ4v) is 3.19. The number of benzene rings is 2. The summed E-state index contributed by atoms with van der Waals surface area (Å²) in [5, 5.41) is 15.3. The van der Waals surface area contributed by atoms with Crippen LogP contribution in [0.1, 0.15) is 25.7 Å². The Bertz CT molecular complexity index is 867. The number of fused-ring (bicyclic) bond motifs is 2. The molecule has 1 heterocycles. The Morgan fingerprint density at radius 3 is 2.48 bits per heavy atom. The van der Waals surface area contributed by atoms with Gasteiger partial charge in [-0.1, -0.05) is 24.4 Å². The molecule has 0 aliphatic rings. The summed E-state index contributed by atoms with van der Waals surface area (Å²) in [5.41, 5.74) is 2.84. The van der Waals surface area contributed by atoms with Crippen LogP contribution in [-0.2, 0) is 0 Å². The van der Waals surface area contributed by atoms with Gasteiger partial charge in [0.2, 0.25) is 0 Å². The van der Waals surface area contributed by atoms with Crippen molar-refractivity contribution >= 4 is 39.1 Å². The van der Waals surface area contributed by atoms with Crippen LogP contribution in [0.25, 0.3) is 21.8 Å². The molecule has 25 heavy (non-hydrogen) atoms. The molecule has 0 radical (unpaired) electrons. The number of aliphatic hydroxyl groups excluding tert-OH is 1. The number of rotatable bonds is 8. The molecule has 0 amide bonds. The zero-order chi connectivity index (χ0) is 17.6. The fraction of sp³-hybridized carbons (Fsp3) is 0.350. The summed E-state index contributed by atoms with van der Waals surface area (Å²) in [7, 11) is 1.66. The third-order valence-corrected chi connectivity index (χ3v) is 4.57. The van der Waals surface area contributed by atoms with Crippen molar-refractivity contribution in [1.29, 1.82) is 0 Å². The minimum atomic E-state index is 0.273. The van der Waals surface area contributed by atoms with Crippen molar-refractivity contribution in [3.63, 3.8) is 0 Å². The van der Waals surface area contributed by atoms with E-state index in [1.54, 1.807) is 7.11 Å². The first-order valence-electron chi connectivity index (χ1n) is 8.64. The molecule has 5 heteroatoms. The predicted octanol–water partition coefficient (Wildman–Crippen LogP) is 5.01. The molecule has 0 aliphatic heterocycles. The fourth-order valence-electron chi connectivity index (χ4n) is 3.02. The van der Waals surface area contributed by atoms with Gasteiger partial charge in [-0.15, -0.1) is 0 Å². The van der Waals surface area contributed by atoms with Crippen molar-refractivity contribution in [3.05, 3.63) is 41.4 Å². The second-order valence-corrected chi connectivity index (χ2v) is 6.53. The van der Waals surface area contributed by atoms with Gasteiger partial charge in [0.25, 0.3) is 0 Å². The number of unbranched alkanes of at least 4 members (excludes halogenated alkanes) is 3. The molecule has 3 rings (SSSR count). The van der Waals surface area contributed by atoms with E-state index in [2.05, 4.69) is 5.32 Å². The second kappa shape index (κ2) is 8.37. The smallest absolute Gasteiger partial charge is 0.121 e. The van der Waals surface area contributed by atoms with Crippen LogP contribution in [0.15, 0.2) is 36.4 Å². The maximum absolute atomic E-state index is 8.86. The monoisotopic (exact) mass is 358 g/mol. The number of methoxy groups -OCH3 is 1. The summed E-state index contributed by atoms with van der Waals surface area (Å²) in [4.78, 5) is 4.74. The number of aromatic nitrogens is 1. The molecular formula is C20H23ClN2O2. The highest BCUT2D eigenvalue weighted by Crippen LogP contribution is 2.33. The van der Waals surface area contributed by atoms with Gasteiger partial charge in [-0.05, 0) is 43.2 Å². The molecule has 0 unspecified atom stereocenters. The summed E-state index contributed by atoms with van der Waals surface area (Å²) in [6, 6.07) is 11.8. The van der Waals surface area contributed by atoms with Crippen LogP contribution in [0.4, 0.5) is 5.69 Å². The molecule has 0 saturated carbocycles. The summed E-state index contributed by atoms with van der Waals surface area (Å²) in [6.07, 6.45) is 4.10. The van der Waals surface area contributed by atoms with Gasteiger partial charge in [-0.2, -0.15) is 0 Å². The molecule has 0 fully saturated rings. The number of halogens is 1. The lowest BCUT2D eigenvalue weighted by Gasteiger charge is -2.14. The molecule has 0 bridgehead atoms. The quantitative estimate of drug-likeness (QED) is 0.438. The van der Waals surface area contributed by atoms with E-state index < -0.39 is 0 Å². The number of anilines is 1. The van der Waals surface area contributed by atoms with E-state index in [1.165, 1.54) is 0 Å². The molecular weight excluding hydrogens is 336 g/mol. The average molecular weight is 359 g/mol. The topological polar surface area (TPSA) is 54.4 Å². The van der Waals surface area contributed by atoms with E-state index in [0.717, 1.165) is 65.5 Å². The Morgan fingerprint density at radius 2 is 1.72 bits per heavy atom. The van der Waals surface area contributed by atoms with Crippen LogP contribution < -0.4 is 10.1 Å². The number of hydrogen-bond acceptors (Lipinski definition) is 4. The van der Waals surface area contributed by atoms with E-state index in [-0.39, 0.29) is 6.61 Å². The third-order valence-electron chi connectivity index (χ3n) is 4.33. The number of nitrogens with zero attached hydrogens (tertiary/aromatic N) is 1. The molecule has 0 saturated heterocycles. The highest BCUT2D eigenvalue weighted by Gasteiger charge is 2.10. The number of nitrogens with one attached hydrogen (secondary N) is 1. The maximum atomic E-state index is 8.86. The zero-order valence-electron chi connectivity index (χ0n) is 14.4. The van der Waals surface area contributed by atoms with E-state index >= 15 is 0 Å². The SMILES string of the molecule is COc1ccc2c(NCCCCCCO)c3ccc(Cl)cc3nc2c1. The van der Waals surface area contributed by atoms with Crippen molar-refractivity contribution in [2.24, 2.45) is 0 Å². The van der Waals surface area contributed by atoms with Gasteiger partial charge >= 0.3 is 0 Å². The van der Waals surface area contributed by atoms with E-state index in [9.17, 15) is 0 Å². The minimum Gasteiger partial charge on any atom is -0.497 e. The standard InChI is InChI=1S/C20H23ClN2O2/c1-25-15-7-9-17-19(13-15)23-18-12-14(21)6-8-16(18)20(17)22-10-4-2-3-5-11-24/h6-9,12-13,24H,2-5,10-11H2,1H3,(H,22,23). The number of hydrogen-bond donors (Lipinski definition) is 2. The first kappa shape index (κ1) is 17.8. The molecule has 0 atom stereocenters. The van der Waals surface area contributed by atoms with Gasteiger partial charge in [0.1, 0.15) is 5.75 Å². The summed E-state index contributed by atoms with van der Waals surface area (Å²) >= 11 is 6.15. The Kier molecular flexibility index (Phi) is 5.95. The van der Waals surface area contributed by atoms with Gasteiger partial charge in [-0.25, -0.2) is 4.98 Å². The van der Waals surface area contributed by atoms with Gasteiger partial charge in [0.05, 0.1) is 23.8 Å². The molecule has 0 aliphatic carbocycles. The first-order valence-corrected chi connectivity index (χ1v) is 9.02. The van der Waals surface area contributed by atoms with Crippen LogP contribution in [0.5, 0.6) is 5.75 Å². The maximum Gasteiger partial charge on any atom is 0.121 e. The van der Waals surface area contributed by atoms with Crippen molar-refractivity contribution in [3.8, 4) is 5.75 Å². The molecule has 1 aromatic heterocycles. The normalized spacial score (nSPS) is 11.2. The van der Waals surface area contributed by atoms with Gasteiger partial charge < -0.3 is 15.2 Å². The molecule has 3 aromatic rings. The summed E-state index contributed by atoms with van der Waals surface area (Å²) < 4.78 is 5.33. The predicted molar refractivity (Wildman–Crippen MR) is 105 cm³/mol. The number of ether oxygens (including phenoxy) is 1. The van der Waals surface area contributed by atoms with Crippen LogP contribution in [0.2, 0.25) is 5.02 Å². The lowest BCUT2D eigenvalue weighted by molar-refractivity contribution is 0.283. The lowest BCUT2D eigenvalue weighted by atomic mass is 10.1. The second-order valence-electron chi connectivity index (χ2n) is 6.10. The van der Waals surface area contributed by atoms with Crippen molar-refractivity contribution in [1.82, 2.24) is 4.98 Å². The van der Waals surface area contributed by atoms with Crippen LogP contribution >= 0.6 is 11.6 Å². The number of pyridine rings is 1. The van der Waals surface area contributed by atoms with E-state index in [1.807, 2.05) is 36.4 Å². The summed E-state index contributed by atoms with van der Waals surface area (Å²) in [6.45, 7) is 1.16. The molecule has 2 aromatic carbocycles. The third kappa shape index (κ3) is 4.14. The lowest BCUT2D eigenvalue weighted by Crippen LogP contribution is -2.04. The Hall–Kier alpha value is -2.04. The van der Waals surface area contributed by atoms with Gasteiger partial charge in [0, 0.05) is 35.0 Å². The number of aliphatic hydroxyl groups is 1. The van der Waals surface area contributed by atoms with Crippen LogP contribution in [-0.4, -0.2) is 30.4 Å². The van der Waals surface area contributed by atoms with Crippen molar-refractivity contribution < 1.29 is 9.84 Å². The Morgan fingerprint density at radius 1 is 1.00 bits per heavy atom. The summed E-state index contributed by atoms with van der Waals surface area (Å²) in [5.74, 6) is 0.788. The van der Waals surface area contributed by atoms with Crippen LogP contribution in [0, 0.1) is 0 Å². The van der Waals surface area contributed by atoms with E-state index in [0.29, 0.717) is 5.02 Å². The highest BCUT2D eigenvalue weighted by molar-refractivity contribution is 6.31. The molecule has 2 N–H and O–H groups in total. The average Bonchev–Trinajstić information content (AvgIpc) is 2.63. The molecule has 132 valence electrons.